The number of nitro groups is 1. The van der Waals surface area contributed by atoms with E-state index in [0.29, 0.717) is 28.4 Å². The molecule has 150 valence electrons. The van der Waals surface area contributed by atoms with E-state index in [1.165, 1.54) is 23.6 Å². The molecule has 0 atom stereocenters. The van der Waals surface area contributed by atoms with Crippen molar-refractivity contribution < 1.29 is 9.34 Å². The standard InChI is InChI=1S/C22H18N4O3S/c1-15(2)12-23-22-25(24-13-17-8-3-5-9-18(17)26(27)28)19(14-30-22)21-11-16-7-4-6-10-20(16)29-21/h3-11,13-14H,1,12H2,2H3. The van der Waals surface area contributed by atoms with Gasteiger partial charge in [-0.1, -0.05) is 42.5 Å². The number of rotatable bonds is 6. The number of aromatic nitrogens is 1. The van der Waals surface area contributed by atoms with Crippen LogP contribution in [0.3, 0.4) is 0 Å². The minimum Gasteiger partial charge on any atom is -0.454 e. The van der Waals surface area contributed by atoms with Gasteiger partial charge in [0.25, 0.3) is 5.69 Å². The second-order valence-electron chi connectivity index (χ2n) is 6.70. The third-order valence-electron chi connectivity index (χ3n) is 4.29. The summed E-state index contributed by atoms with van der Waals surface area (Å²) < 4.78 is 7.63. The monoisotopic (exact) mass is 418 g/mol. The lowest BCUT2D eigenvalue weighted by Crippen LogP contribution is -2.13. The van der Waals surface area contributed by atoms with Crippen LogP contribution in [0.1, 0.15) is 12.5 Å². The number of thiazole rings is 1. The van der Waals surface area contributed by atoms with Crippen molar-refractivity contribution in [1.29, 1.82) is 0 Å². The molecule has 7 nitrogen and oxygen atoms in total. The van der Waals surface area contributed by atoms with Gasteiger partial charge in [0, 0.05) is 16.8 Å². The van der Waals surface area contributed by atoms with E-state index in [9.17, 15) is 10.1 Å². The molecule has 0 saturated heterocycles. The molecule has 0 saturated carbocycles. The van der Waals surface area contributed by atoms with Gasteiger partial charge in [0.15, 0.2) is 5.76 Å². The number of hydrogen-bond acceptors (Lipinski definition) is 6. The molecule has 0 N–H and O–H groups in total. The van der Waals surface area contributed by atoms with E-state index in [2.05, 4.69) is 16.7 Å². The van der Waals surface area contributed by atoms with E-state index in [0.717, 1.165) is 16.5 Å². The Kier molecular flexibility index (Phi) is 5.40. The number of furan rings is 1. The Morgan fingerprint density at radius 3 is 2.80 bits per heavy atom. The van der Waals surface area contributed by atoms with Crippen molar-refractivity contribution >= 4 is 34.2 Å². The molecule has 30 heavy (non-hydrogen) atoms. The number of benzene rings is 2. The van der Waals surface area contributed by atoms with E-state index >= 15 is 0 Å². The lowest BCUT2D eigenvalue weighted by atomic mass is 10.2. The zero-order chi connectivity index (χ0) is 21.1. The SMILES string of the molecule is C=C(C)CN=c1scc(-c2cc3ccccc3o2)n1N=Cc1ccccc1[N+](=O)[O-]. The summed E-state index contributed by atoms with van der Waals surface area (Å²) >= 11 is 1.42. The average molecular weight is 418 g/mol. The average Bonchev–Trinajstić information content (AvgIpc) is 3.34. The van der Waals surface area contributed by atoms with Crippen molar-refractivity contribution in [2.24, 2.45) is 10.1 Å². The molecule has 2 aromatic heterocycles. The second-order valence-corrected chi connectivity index (χ2v) is 7.53. The van der Waals surface area contributed by atoms with Crippen LogP contribution in [0.25, 0.3) is 22.4 Å². The molecule has 0 aliphatic heterocycles. The Labute approximate surface area is 176 Å². The van der Waals surface area contributed by atoms with Gasteiger partial charge < -0.3 is 4.42 Å². The van der Waals surface area contributed by atoms with Gasteiger partial charge in [0.05, 0.1) is 23.2 Å². The highest BCUT2D eigenvalue weighted by atomic mass is 32.1. The van der Waals surface area contributed by atoms with Crippen LogP contribution >= 0.6 is 11.3 Å². The fourth-order valence-corrected chi connectivity index (χ4v) is 3.70. The Morgan fingerprint density at radius 2 is 2.03 bits per heavy atom. The van der Waals surface area contributed by atoms with Crippen molar-refractivity contribution in [3.8, 4) is 11.5 Å². The van der Waals surface area contributed by atoms with Gasteiger partial charge in [-0.2, -0.15) is 5.10 Å². The van der Waals surface area contributed by atoms with Crippen LogP contribution < -0.4 is 4.80 Å². The first kappa shape index (κ1) is 19.5. The first-order valence-corrected chi connectivity index (χ1v) is 10.0. The van der Waals surface area contributed by atoms with E-state index in [4.69, 9.17) is 4.42 Å². The van der Waals surface area contributed by atoms with Gasteiger partial charge in [-0.15, -0.1) is 11.3 Å². The van der Waals surface area contributed by atoms with Crippen LogP contribution in [0, 0.1) is 10.1 Å². The molecular weight excluding hydrogens is 400 g/mol. The number of fused-ring (bicyclic) bond motifs is 1. The highest BCUT2D eigenvalue weighted by Crippen LogP contribution is 2.28. The van der Waals surface area contributed by atoms with Crippen LogP contribution in [0.5, 0.6) is 0 Å². The van der Waals surface area contributed by atoms with Crippen LogP contribution in [-0.4, -0.2) is 22.4 Å². The predicted octanol–water partition coefficient (Wildman–Crippen LogP) is 5.23. The van der Waals surface area contributed by atoms with Crippen molar-refractivity contribution in [2.45, 2.75) is 6.92 Å². The van der Waals surface area contributed by atoms with Crippen molar-refractivity contribution in [2.75, 3.05) is 6.54 Å². The number of nitrogens with zero attached hydrogens (tertiary/aromatic N) is 4. The number of nitro benzene ring substituents is 1. The molecular formula is C22H18N4O3S. The molecule has 2 heterocycles. The van der Waals surface area contributed by atoms with Crippen LogP contribution in [0.4, 0.5) is 5.69 Å². The summed E-state index contributed by atoms with van der Waals surface area (Å²) in [6.07, 6.45) is 1.47. The first-order valence-electron chi connectivity index (χ1n) is 9.15. The van der Waals surface area contributed by atoms with E-state index < -0.39 is 4.92 Å². The second kappa shape index (κ2) is 8.30. The summed E-state index contributed by atoms with van der Waals surface area (Å²) in [4.78, 5) is 16.1. The van der Waals surface area contributed by atoms with Crippen LogP contribution in [0.15, 0.2) is 86.6 Å². The highest BCUT2D eigenvalue weighted by molar-refractivity contribution is 7.07. The zero-order valence-electron chi connectivity index (χ0n) is 16.2. The lowest BCUT2D eigenvalue weighted by Gasteiger charge is -2.01. The molecule has 0 bridgehead atoms. The number of hydrogen-bond donors (Lipinski definition) is 0. The summed E-state index contributed by atoms with van der Waals surface area (Å²) in [5.41, 5.74) is 2.80. The predicted molar refractivity (Wildman–Crippen MR) is 119 cm³/mol. The van der Waals surface area contributed by atoms with Gasteiger partial charge in [-0.25, -0.2) is 4.68 Å². The molecule has 0 spiro atoms. The maximum absolute atomic E-state index is 11.3. The molecule has 0 radical (unpaired) electrons. The molecule has 4 rings (SSSR count). The summed E-state index contributed by atoms with van der Waals surface area (Å²) in [7, 11) is 0. The van der Waals surface area contributed by atoms with Gasteiger partial charge in [-0.3, -0.25) is 15.1 Å². The molecule has 0 unspecified atom stereocenters. The van der Waals surface area contributed by atoms with Gasteiger partial charge in [0.1, 0.15) is 11.3 Å². The van der Waals surface area contributed by atoms with Crippen LogP contribution in [0.2, 0.25) is 0 Å². The van der Waals surface area contributed by atoms with Crippen LogP contribution in [-0.2, 0) is 0 Å². The maximum Gasteiger partial charge on any atom is 0.278 e. The summed E-state index contributed by atoms with van der Waals surface area (Å²) in [6, 6.07) is 16.1. The topological polar surface area (TPSA) is 85.9 Å². The normalized spacial score (nSPS) is 12.1. The van der Waals surface area contributed by atoms with Crippen molar-refractivity contribution in [3.63, 3.8) is 0 Å². The van der Waals surface area contributed by atoms with E-state index in [1.54, 1.807) is 22.9 Å². The Balaban J connectivity index is 1.84. The highest BCUT2D eigenvalue weighted by Gasteiger charge is 2.14. The quantitative estimate of drug-likeness (QED) is 0.186. The fraction of sp³-hybridized carbons (Fsp3) is 0.0909. The third-order valence-corrected chi connectivity index (χ3v) is 5.15. The zero-order valence-corrected chi connectivity index (χ0v) is 17.0. The van der Waals surface area contributed by atoms with Gasteiger partial charge in [0.2, 0.25) is 4.80 Å². The minimum absolute atomic E-state index is 0.0113. The lowest BCUT2D eigenvalue weighted by molar-refractivity contribution is -0.385. The maximum atomic E-state index is 11.3. The largest absolute Gasteiger partial charge is 0.454 e. The number of para-hydroxylation sites is 2. The molecule has 4 aromatic rings. The Hall–Kier alpha value is -3.78. The first-order chi connectivity index (χ1) is 14.5. The van der Waals surface area contributed by atoms with E-state index in [1.807, 2.05) is 42.6 Å². The molecule has 0 fully saturated rings. The van der Waals surface area contributed by atoms with E-state index in [-0.39, 0.29) is 5.69 Å². The third kappa shape index (κ3) is 3.99. The van der Waals surface area contributed by atoms with Gasteiger partial charge in [-0.05, 0) is 25.1 Å². The molecule has 8 heteroatoms. The molecule has 0 aliphatic carbocycles. The molecule has 2 aromatic carbocycles. The smallest absolute Gasteiger partial charge is 0.278 e. The fourth-order valence-electron chi connectivity index (χ4n) is 2.88. The minimum atomic E-state index is -0.424. The molecule has 0 amide bonds. The summed E-state index contributed by atoms with van der Waals surface area (Å²) in [5.74, 6) is 0.643. The summed E-state index contributed by atoms with van der Waals surface area (Å²) in [5, 5.41) is 18.7. The molecule has 0 aliphatic rings. The van der Waals surface area contributed by atoms with Crippen molar-refractivity contribution in [3.05, 3.63) is 92.6 Å². The summed E-state index contributed by atoms with van der Waals surface area (Å²) in [6.45, 7) is 6.25. The van der Waals surface area contributed by atoms with Crippen molar-refractivity contribution in [1.82, 2.24) is 4.68 Å². The Bertz CT molecular complexity index is 1310. The Morgan fingerprint density at radius 1 is 1.27 bits per heavy atom. The van der Waals surface area contributed by atoms with Gasteiger partial charge >= 0.3 is 0 Å².